The third-order valence-electron chi connectivity index (χ3n) is 1.81. The highest BCUT2D eigenvalue weighted by atomic mass is 28.1. The van der Waals surface area contributed by atoms with Crippen LogP contribution in [0.2, 0.25) is 6.04 Å². The second-order valence-electron chi connectivity index (χ2n) is 3.43. The minimum absolute atomic E-state index is 0.717. The van der Waals surface area contributed by atoms with E-state index in [1.165, 1.54) is 22.8 Å². The molecule has 0 unspecified atom stereocenters. The van der Waals surface area contributed by atoms with E-state index in [0.29, 0.717) is 12.1 Å². The molecule has 0 heterocycles. The lowest BCUT2D eigenvalue weighted by Gasteiger charge is -2.29. The van der Waals surface area contributed by atoms with E-state index in [4.69, 9.17) is 0 Å². The lowest BCUT2D eigenvalue weighted by atomic mass is 10.2. The highest BCUT2D eigenvalue weighted by molar-refractivity contribution is 6.08. The third kappa shape index (κ3) is 3.37. The maximum Gasteiger partial charge on any atom is 0.00442 e. The molecule has 0 aliphatic heterocycles. The maximum atomic E-state index is 2.55. The number of hydrogen-bond donors (Lipinski definition) is 0. The molecule has 1 nitrogen and oxygen atoms in total. The van der Waals surface area contributed by atoms with Crippen molar-refractivity contribution in [2.75, 3.05) is 6.54 Å². The predicted octanol–water partition coefficient (Wildman–Crippen LogP) is 0.889. The van der Waals surface area contributed by atoms with Crippen LogP contribution in [-0.2, 0) is 0 Å². The molecule has 0 aliphatic rings. The van der Waals surface area contributed by atoms with Crippen molar-refractivity contribution >= 4 is 10.2 Å². The predicted molar refractivity (Wildman–Crippen MR) is 51.7 cm³/mol. The van der Waals surface area contributed by atoms with E-state index in [-0.39, 0.29) is 0 Å². The maximum absolute atomic E-state index is 2.55. The van der Waals surface area contributed by atoms with Gasteiger partial charge in [0.1, 0.15) is 0 Å². The van der Waals surface area contributed by atoms with Crippen molar-refractivity contribution in [2.24, 2.45) is 0 Å². The molecule has 0 spiro atoms. The summed E-state index contributed by atoms with van der Waals surface area (Å²) in [5.41, 5.74) is 0. The van der Waals surface area contributed by atoms with E-state index in [9.17, 15) is 0 Å². The van der Waals surface area contributed by atoms with Crippen LogP contribution in [0, 0.1) is 0 Å². The lowest BCUT2D eigenvalue weighted by molar-refractivity contribution is 0.185. The van der Waals surface area contributed by atoms with Gasteiger partial charge in [0.25, 0.3) is 0 Å². The molecule has 10 heavy (non-hydrogen) atoms. The molecule has 0 radical (unpaired) electrons. The number of nitrogens with zero attached hydrogens (tertiary/aromatic N) is 1. The summed E-state index contributed by atoms with van der Waals surface area (Å²) in [5, 5.41) is 0. The molecule has 0 aromatic rings. The molecule has 0 saturated carbocycles. The van der Waals surface area contributed by atoms with Crippen molar-refractivity contribution in [2.45, 2.75) is 45.8 Å². The summed E-state index contributed by atoms with van der Waals surface area (Å²) >= 11 is 0. The molecule has 0 fully saturated rings. The van der Waals surface area contributed by atoms with Crippen LogP contribution in [-0.4, -0.2) is 33.8 Å². The molecule has 62 valence electrons. The van der Waals surface area contributed by atoms with Gasteiger partial charge in [-0.1, -0.05) is 6.04 Å². The Hall–Kier alpha value is 0.177. The number of hydrogen-bond acceptors (Lipinski definition) is 1. The summed E-state index contributed by atoms with van der Waals surface area (Å²) in [6.07, 6.45) is 0. The second-order valence-corrected chi connectivity index (χ2v) is 4.43. The Morgan fingerprint density at radius 1 is 1.10 bits per heavy atom. The Morgan fingerprint density at radius 2 is 1.50 bits per heavy atom. The van der Waals surface area contributed by atoms with Crippen LogP contribution in [0.4, 0.5) is 0 Å². The molecule has 0 aromatic heterocycles. The SMILES string of the molecule is CC(C)N(CC[SiH3])C(C)C. The van der Waals surface area contributed by atoms with Crippen molar-refractivity contribution in [1.29, 1.82) is 0 Å². The number of rotatable bonds is 4. The van der Waals surface area contributed by atoms with Crippen molar-refractivity contribution in [1.82, 2.24) is 4.90 Å². The zero-order valence-electron chi connectivity index (χ0n) is 8.02. The first-order valence-electron chi connectivity index (χ1n) is 4.35. The van der Waals surface area contributed by atoms with E-state index in [1.807, 2.05) is 0 Å². The van der Waals surface area contributed by atoms with Gasteiger partial charge in [0.05, 0.1) is 0 Å². The lowest BCUT2D eigenvalue weighted by Crippen LogP contribution is -2.37. The molecule has 0 N–H and O–H groups in total. The van der Waals surface area contributed by atoms with Gasteiger partial charge in [-0.3, -0.25) is 4.90 Å². The van der Waals surface area contributed by atoms with Crippen LogP contribution in [0.5, 0.6) is 0 Å². The molecule has 2 heteroatoms. The standard InChI is InChI=1S/C8H21NSi/c1-7(2)9(5-6-10)8(3)4/h7-8H,5-6H2,1-4,10H3. The monoisotopic (exact) mass is 159 g/mol. The Bertz CT molecular complexity index is 73.3. The van der Waals surface area contributed by atoms with E-state index in [1.54, 1.807) is 0 Å². The summed E-state index contributed by atoms with van der Waals surface area (Å²) in [7, 11) is 1.34. The smallest absolute Gasteiger partial charge is 0.00442 e. The molecule has 0 aliphatic carbocycles. The fourth-order valence-corrected chi connectivity index (χ4v) is 1.89. The minimum atomic E-state index is 0.717. The highest BCUT2D eigenvalue weighted by Gasteiger charge is 2.10. The van der Waals surface area contributed by atoms with E-state index < -0.39 is 0 Å². The van der Waals surface area contributed by atoms with Gasteiger partial charge in [0, 0.05) is 22.3 Å². The fourth-order valence-electron chi connectivity index (χ4n) is 1.37. The summed E-state index contributed by atoms with van der Waals surface area (Å²) in [4.78, 5) is 2.55. The summed E-state index contributed by atoms with van der Waals surface area (Å²) in [6.45, 7) is 10.4. The first-order chi connectivity index (χ1) is 4.59. The fraction of sp³-hybridized carbons (Fsp3) is 1.00. The third-order valence-corrected chi connectivity index (χ3v) is 2.26. The highest BCUT2D eigenvalue weighted by Crippen LogP contribution is 2.04. The van der Waals surface area contributed by atoms with Crippen LogP contribution in [0.1, 0.15) is 27.7 Å². The normalized spacial score (nSPS) is 12.3. The van der Waals surface area contributed by atoms with Gasteiger partial charge < -0.3 is 0 Å². The average Bonchev–Trinajstić information content (AvgIpc) is 1.81. The van der Waals surface area contributed by atoms with Gasteiger partial charge in [-0.2, -0.15) is 0 Å². The van der Waals surface area contributed by atoms with Gasteiger partial charge >= 0.3 is 0 Å². The van der Waals surface area contributed by atoms with E-state index in [0.717, 1.165) is 0 Å². The second kappa shape index (κ2) is 4.91. The Labute approximate surface area is 68.2 Å². The van der Waals surface area contributed by atoms with Crippen LogP contribution in [0.25, 0.3) is 0 Å². The zero-order valence-corrected chi connectivity index (χ0v) is 10.0. The van der Waals surface area contributed by atoms with E-state index >= 15 is 0 Å². The molecule has 0 amide bonds. The summed E-state index contributed by atoms with van der Waals surface area (Å²) < 4.78 is 0. The molecule has 0 saturated heterocycles. The van der Waals surface area contributed by atoms with E-state index in [2.05, 4.69) is 32.6 Å². The van der Waals surface area contributed by atoms with Gasteiger partial charge in [-0.15, -0.1) is 0 Å². The van der Waals surface area contributed by atoms with Crippen LogP contribution >= 0.6 is 0 Å². The largest absolute Gasteiger partial charge is 0.299 e. The molecule has 0 aromatic carbocycles. The molecular formula is C8H21NSi. The summed E-state index contributed by atoms with van der Waals surface area (Å²) in [5.74, 6) is 0. The van der Waals surface area contributed by atoms with Crippen LogP contribution < -0.4 is 0 Å². The van der Waals surface area contributed by atoms with Gasteiger partial charge in [0.15, 0.2) is 0 Å². The molecule has 0 bridgehead atoms. The van der Waals surface area contributed by atoms with Crippen LogP contribution in [0.3, 0.4) is 0 Å². The van der Waals surface area contributed by atoms with Crippen molar-refractivity contribution < 1.29 is 0 Å². The van der Waals surface area contributed by atoms with Crippen molar-refractivity contribution in [3.05, 3.63) is 0 Å². The zero-order chi connectivity index (χ0) is 8.15. The van der Waals surface area contributed by atoms with Gasteiger partial charge in [0.2, 0.25) is 0 Å². The topological polar surface area (TPSA) is 3.24 Å². The van der Waals surface area contributed by atoms with Crippen molar-refractivity contribution in [3.63, 3.8) is 0 Å². The molecule has 0 rings (SSSR count). The first kappa shape index (κ1) is 10.2. The summed E-state index contributed by atoms with van der Waals surface area (Å²) in [6, 6.07) is 2.83. The van der Waals surface area contributed by atoms with Gasteiger partial charge in [-0.25, -0.2) is 0 Å². The average molecular weight is 159 g/mol. The van der Waals surface area contributed by atoms with Gasteiger partial charge in [-0.05, 0) is 34.2 Å². The van der Waals surface area contributed by atoms with Crippen molar-refractivity contribution in [3.8, 4) is 0 Å². The minimum Gasteiger partial charge on any atom is -0.299 e. The first-order valence-corrected chi connectivity index (χ1v) is 5.76. The quantitative estimate of drug-likeness (QED) is 0.551. The molecular weight excluding hydrogens is 138 g/mol. The molecule has 0 atom stereocenters. The Kier molecular flexibility index (Phi) is 5.00. The Morgan fingerprint density at radius 3 is 1.60 bits per heavy atom. The Balaban J connectivity index is 3.73. The van der Waals surface area contributed by atoms with Crippen LogP contribution in [0.15, 0.2) is 0 Å².